The standard InChI is InChI=1S/C21H27N3O2/c1-4-24(5-2)21(26)17-11-13-18(14-12-17)23-20(25)15(3)19(22)16-9-7-6-8-10-16/h6-15,19H,4-5,22H2,1-3H3,(H,23,25). The Balaban J connectivity index is 2.02. The van der Waals surface area contributed by atoms with Gasteiger partial charge in [0, 0.05) is 30.4 Å². The summed E-state index contributed by atoms with van der Waals surface area (Å²) in [6, 6.07) is 16.2. The highest BCUT2D eigenvalue weighted by Crippen LogP contribution is 2.21. The fourth-order valence-electron chi connectivity index (χ4n) is 2.77. The molecular formula is C21H27N3O2. The van der Waals surface area contributed by atoms with E-state index in [9.17, 15) is 9.59 Å². The van der Waals surface area contributed by atoms with Gasteiger partial charge in [0.05, 0.1) is 5.92 Å². The molecule has 2 aromatic rings. The van der Waals surface area contributed by atoms with Crippen molar-refractivity contribution in [3.8, 4) is 0 Å². The van der Waals surface area contributed by atoms with Crippen LogP contribution in [0.2, 0.25) is 0 Å². The second kappa shape index (κ2) is 9.15. The van der Waals surface area contributed by atoms with Crippen molar-refractivity contribution in [2.75, 3.05) is 18.4 Å². The average Bonchev–Trinajstić information content (AvgIpc) is 2.68. The van der Waals surface area contributed by atoms with Gasteiger partial charge in [-0.3, -0.25) is 9.59 Å². The molecule has 0 aliphatic carbocycles. The van der Waals surface area contributed by atoms with E-state index >= 15 is 0 Å². The third-order valence-corrected chi connectivity index (χ3v) is 4.59. The number of rotatable bonds is 7. The molecule has 0 aliphatic heterocycles. The van der Waals surface area contributed by atoms with Crippen LogP contribution in [-0.4, -0.2) is 29.8 Å². The van der Waals surface area contributed by atoms with Crippen molar-refractivity contribution >= 4 is 17.5 Å². The largest absolute Gasteiger partial charge is 0.339 e. The van der Waals surface area contributed by atoms with Crippen LogP contribution in [0.4, 0.5) is 5.69 Å². The molecule has 0 bridgehead atoms. The molecule has 0 saturated carbocycles. The van der Waals surface area contributed by atoms with E-state index in [2.05, 4.69) is 5.32 Å². The second-order valence-electron chi connectivity index (χ2n) is 6.27. The zero-order valence-electron chi connectivity index (χ0n) is 15.6. The van der Waals surface area contributed by atoms with Crippen molar-refractivity contribution in [2.45, 2.75) is 26.8 Å². The van der Waals surface area contributed by atoms with Gasteiger partial charge in [-0.05, 0) is 43.7 Å². The lowest BCUT2D eigenvalue weighted by Gasteiger charge is -2.20. The Bertz CT molecular complexity index is 725. The molecule has 2 atom stereocenters. The van der Waals surface area contributed by atoms with Crippen LogP contribution in [-0.2, 0) is 4.79 Å². The number of anilines is 1. The minimum Gasteiger partial charge on any atom is -0.339 e. The quantitative estimate of drug-likeness (QED) is 0.800. The molecule has 2 rings (SSSR count). The van der Waals surface area contributed by atoms with Gasteiger partial charge in [0.1, 0.15) is 0 Å². The molecule has 0 saturated heterocycles. The summed E-state index contributed by atoms with van der Waals surface area (Å²) in [7, 11) is 0. The Morgan fingerprint density at radius 1 is 1.00 bits per heavy atom. The van der Waals surface area contributed by atoms with E-state index in [-0.39, 0.29) is 23.8 Å². The van der Waals surface area contributed by atoms with Gasteiger partial charge in [-0.1, -0.05) is 37.3 Å². The molecule has 0 radical (unpaired) electrons. The number of hydrogen-bond donors (Lipinski definition) is 2. The van der Waals surface area contributed by atoms with Crippen LogP contribution in [0, 0.1) is 5.92 Å². The highest BCUT2D eigenvalue weighted by atomic mass is 16.2. The van der Waals surface area contributed by atoms with Crippen LogP contribution >= 0.6 is 0 Å². The number of nitrogens with zero attached hydrogens (tertiary/aromatic N) is 1. The maximum atomic E-state index is 12.5. The highest BCUT2D eigenvalue weighted by molar-refractivity contribution is 5.96. The van der Waals surface area contributed by atoms with Crippen LogP contribution in [0.5, 0.6) is 0 Å². The van der Waals surface area contributed by atoms with Crippen molar-refractivity contribution in [3.05, 3.63) is 65.7 Å². The molecule has 5 heteroatoms. The van der Waals surface area contributed by atoms with Gasteiger partial charge < -0.3 is 16.0 Å². The maximum Gasteiger partial charge on any atom is 0.253 e. The highest BCUT2D eigenvalue weighted by Gasteiger charge is 2.22. The molecule has 2 amide bonds. The first kappa shape index (κ1) is 19.7. The van der Waals surface area contributed by atoms with Gasteiger partial charge in [0.25, 0.3) is 5.91 Å². The Kier molecular flexibility index (Phi) is 6.92. The van der Waals surface area contributed by atoms with E-state index < -0.39 is 0 Å². The van der Waals surface area contributed by atoms with Crippen molar-refractivity contribution < 1.29 is 9.59 Å². The number of benzene rings is 2. The number of hydrogen-bond acceptors (Lipinski definition) is 3. The molecule has 138 valence electrons. The van der Waals surface area contributed by atoms with Gasteiger partial charge in [-0.2, -0.15) is 0 Å². The van der Waals surface area contributed by atoms with Crippen molar-refractivity contribution in [3.63, 3.8) is 0 Å². The molecule has 0 aliphatic rings. The summed E-state index contributed by atoms with van der Waals surface area (Å²) in [5.74, 6) is -0.536. The zero-order valence-corrected chi connectivity index (χ0v) is 15.6. The van der Waals surface area contributed by atoms with E-state index in [1.165, 1.54) is 0 Å². The minimum atomic E-state index is -0.380. The lowest BCUT2D eigenvalue weighted by Crippen LogP contribution is -2.31. The molecule has 3 N–H and O–H groups in total. The van der Waals surface area contributed by atoms with Crippen LogP contribution in [0.25, 0.3) is 0 Å². The molecule has 0 heterocycles. The predicted octanol–water partition coefficient (Wildman–Crippen LogP) is 3.44. The molecule has 26 heavy (non-hydrogen) atoms. The molecule has 0 spiro atoms. The van der Waals surface area contributed by atoms with E-state index in [1.54, 1.807) is 29.2 Å². The Hall–Kier alpha value is -2.66. The monoisotopic (exact) mass is 353 g/mol. The topological polar surface area (TPSA) is 75.4 Å². The Labute approximate surface area is 155 Å². The first-order valence-corrected chi connectivity index (χ1v) is 8.98. The van der Waals surface area contributed by atoms with E-state index in [0.717, 1.165) is 5.56 Å². The summed E-state index contributed by atoms with van der Waals surface area (Å²) in [6.07, 6.45) is 0. The first-order chi connectivity index (χ1) is 12.5. The third kappa shape index (κ3) is 4.70. The molecule has 2 unspecified atom stereocenters. The summed E-state index contributed by atoms with van der Waals surface area (Å²) >= 11 is 0. The molecule has 0 aromatic heterocycles. The summed E-state index contributed by atoms with van der Waals surface area (Å²) in [6.45, 7) is 7.05. The number of carbonyl (C=O) groups is 2. The minimum absolute atomic E-state index is 0.00709. The van der Waals surface area contributed by atoms with Crippen LogP contribution in [0.3, 0.4) is 0 Å². The number of amides is 2. The SMILES string of the molecule is CCN(CC)C(=O)c1ccc(NC(=O)C(C)C(N)c2ccccc2)cc1. The fourth-order valence-corrected chi connectivity index (χ4v) is 2.77. The van der Waals surface area contributed by atoms with Crippen LogP contribution in [0.1, 0.15) is 42.7 Å². The number of nitrogens with two attached hydrogens (primary N) is 1. The summed E-state index contributed by atoms with van der Waals surface area (Å²) in [4.78, 5) is 26.6. The normalized spacial score (nSPS) is 12.9. The average molecular weight is 353 g/mol. The molecular weight excluding hydrogens is 326 g/mol. The van der Waals surface area contributed by atoms with E-state index in [0.29, 0.717) is 24.3 Å². The first-order valence-electron chi connectivity index (χ1n) is 8.98. The second-order valence-corrected chi connectivity index (χ2v) is 6.27. The van der Waals surface area contributed by atoms with Crippen LogP contribution < -0.4 is 11.1 Å². The number of nitrogens with one attached hydrogen (secondary N) is 1. The van der Waals surface area contributed by atoms with Gasteiger partial charge >= 0.3 is 0 Å². The van der Waals surface area contributed by atoms with Crippen LogP contribution in [0.15, 0.2) is 54.6 Å². The van der Waals surface area contributed by atoms with Gasteiger partial charge in [-0.25, -0.2) is 0 Å². The van der Waals surface area contributed by atoms with Gasteiger partial charge in [0.15, 0.2) is 0 Å². The molecule has 0 fully saturated rings. The lowest BCUT2D eigenvalue weighted by molar-refractivity contribution is -0.120. The van der Waals surface area contributed by atoms with Crippen molar-refractivity contribution in [2.24, 2.45) is 11.7 Å². The lowest BCUT2D eigenvalue weighted by atomic mass is 9.94. The Morgan fingerprint density at radius 2 is 1.58 bits per heavy atom. The summed E-state index contributed by atoms with van der Waals surface area (Å²) in [5, 5.41) is 2.87. The fraction of sp³-hybridized carbons (Fsp3) is 0.333. The molecule has 2 aromatic carbocycles. The summed E-state index contributed by atoms with van der Waals surface area (Å²) in [5.41, 5.74) is 8.40. The smallest absolute Gasteiger partial charge is 0.253 e. The molecule has 5 nitrogen and oxygen atoms in total. The van der Waals surface area contributed by atoms with Gasteiger partial charge in [-0.15, -0.1) is 0 Å². The summed E-state index contributed by atoms with van der Waals surface area (Å²) < 4.78 is 0. The number of carbonyl (C=O) groups excluding carboxylic acids is 2. The van der Waals surface area contributed by atoms with E-state index in [1.807, 2.05) is 51.1 Å². The van der Waals surface area contributed by atoms with Gasteiger partial charge in [0.2, 0.25) is 5.91 Å². The Morgan fingerprint density at radius 3 is 2.12 bits per heavy atom. The van der Waals surface area contributed by atoms with Crippen molar-refractivity contribution in [1.29, 1.82) is 0 Å². The maximum absolute atomic E-state index is 12.5. The zero-order chi connectivity index (χ0) is 19.1. The predicted molar refractivity (Wildman–Crippen MR) is 105 cm³/mol. The van der Waals surface area contributed by atoms with Crippen molar-refractivity contribution in [1.82, 2.24) is 4.90 Å². The third-order valence-electron chi connectivity index (χ3n) is 4.59. The van der Waals surface area contributed by atoms with E-state index in [4.69, 9.17) is 5.73 Å².